The molecule has 2 heterocycles. The Morgan fingerprint density at radius 3 is 2.27 bits per heavy atom. The maximum absolute atomic E-state index is 13.1. The quantitative estimate of drug-likeness (QED) is 0.553. The summed E-state index contributed by atoms with van der Waals surface area (Å²) in [6, 6.07) is 15.0. The highest BCUT2D eigenvalue weighted by molar-refractivity contribution is 7.89. The van der Waals surface area contributed by atoms with Gasteiger partial charge >= 0.3 is 0 Å². The van der Waals surface area contributed by atoms with Crippen LogP contribution in [0, 0.1) is 20.8 Å². The van der Waals surface area contributed by atoms with E-state index in [9.17, 15) is 8.42 Å². The van der Waals surface area contributed by atoms with E-state index in [0.717, 1.165) is 29.3 Å². The van der Waals surface area contributed by atoms with Crippen molar-refractivity contribution in [1.82, 2.24) is 14.3 Å². The molecule has 8 heteroatoms. The van der Waals surface area contributed by atoms with Crippen LogP contribution in [0.2, 0.25) is 0 Å². The van der Waals surface area contributed by atoms with Crippen molar-refractivity contribution in [2.24, 2.45) is 0 Å². The minimum atomic E-state index is -3.55. The molecule has 1 fully saturated rings. The van der Waals surface area contributed by atoms with Gasteiger partial charge in [-0.1, -0.05) is 29.8 Å². The van der Waals surface area contributed by atoms with E-state index in [0.29, 0.717) is 31.9 Å². The molecule has 33 heavy (non-hydrogen) atoms. The number of nitrogens with zero attached hydrogens (tertiary/aromatic N) is 4. The van der Waals surface area contributed by atoms with Gasteiger partial charge in [0.05, 0.1) is 12.0 Å². The highest BCUT2D eigenvalue weighted by atomic mass is 32.2. The largest absolute Gasteiger partial charge is 0.497 e. The molecule has 1 aromatic heterocycles. The van der Waals surface area contributed by atoms with Gasteiger partial charge in [0.15, 0.2) is 0 Å². The van der Waals surface area contributed by atoms with Crippen LogP contribution in [0.5, 0.6) is 5.75 Å². The number of aromatic nitrogens is 2. The van der Waals surface area contributed by atoms with Crippen LogP contribution in [0.25, 0.3) is 0 Å². The molecule has 1 saturated heterocycles. The average molecular weight is 467 g/mol. The molecule has 174 valence electrons. The number of hydrogen-bond donors (Lipinski definition) is 0. The van der Waals surface area contributed by atoms with E-state index >= 15 is 0 Å². The predicted octanol–water partition coefficient (Wildman–Crippen LogP) is 3.51. The Morgan fingerprint density at radius 1 is 0.939 bits per heavy atom. The molecule has 3 aromatic rings. The number of benzene rings is 2. The first-order valence-corrected chi connectivity index (χ1v) is 12.5. The Labute approximate surface area is 196 Å². The van der Waals surface area contributed by atoms with Gasteiger partial charge < -0.3 is 9.64 Å². The minimum absolute atomic E-state index is 0.283. The maximum atomic E-state index is 13.1. The molecular weight excluding hydrogens is 436 g/mol. The number of methoxy groups -OCH3 is 1. The topological polar surface area (TPSA) is 75.6 Å². The number of hydrogen-bond acceptors (Lipinski definition) is 6. The second kappa shape index (κ2) is 9.49. The van der Waals surface area contributed by atoms with Crippen molar-refractivity contribution in [3.63, 3.8) is 0 Å². The van der Waals surface area contributed by atoms with E-state index in [2.05, 4.69) is 41.1 Å². The summed E-state index contributed by atoms with van der Waals surface area (Å²) < 4.78 is 32.9. The van der Waals surface area contributed by atoms with Crippen LogP contribution in [0.4, 0.5) is 5.82 Å². The third kappa shape index (κ3) is 5.02. The molecule has 1 aliphatic rings. The molecule has 0 spiro atoms. The molecular formula is C25H30N4O3S. The smallest absolute Gasteiger partial charge is 0.243 e. The molecule has 0 unspecified atom stereocenters. The van der Waals surface area contributed by atoms with Crippen LogP contribution in [0.15, 0.2) is 53.4 Å². The summed E-state index contributed by atoms with van der Waals surface area (Å²) in [5.74, 6) is 2.26. The lowest BCUT2D eigenvalue weighted by molar-refractivity contribution is 0.383. The predicted molar refractivity (Wildman–Crippen MR) is 129 cm³/mol. The van der Waals surface area contributed by atoms with E-state index in [1.165, 1.54) is 11.1 Å². The number of ether oxygens (including phenoxy) is 1. The first-order chi connectivity index (χ1) is 15.8. The van der Waals surface area contributed by atoms with E-state index in [1.807, 2.05) is 13.8 Å². The first kappa shape index (κ1) is 23.2. The van der Waals surface area contributed by atoms with Crippen LogP contribution in [-0.4, -0.2) is 56.0 Å². The van der Waals surface area contributed by atoms with E-state index in [1.54, 1.807) is 35.7 Å². The summed E-state index contributed by atoms with van der Waals surface area (Å²) in [6.45, 7) is 7.97. The number of sulfonamides is 1. The molecule has 0 atom stereocenters. The van der Waals surface area contributed by atoms with E-state index in [4.69, 9.17) is 9.72 Å². The number of anilines is 1. The summed E-state index contributed by atoms with van der Waals surface area (Å²) in [5, 5.41) is 0. The maximum Gasteiger partial charge on any atom is 0.243 e. The summed E-state index contributed by atoms with van der Waals surface area (Å²) in [7, 11) is -1.99. The zero-order valence-corrected chi connectivity index (χ0v) is 20.4. The fourth-order valence-corrected chi connectivity index (χ4v) is 5.67. The van der Waals surface area contributed by atoms with Crippen LogP contribution < -0.4 is 9.64 Å². The van der Waals surface area contributed by atoms with Gasteiger partial charge in [-0.3, -0.25) is 0 Å². The van der Waals surface area contributed by atoms with Crippen LogP contribution in [0.3, 0.4) is 0 Å². The fraction of sp³-hybridized carbons (Fsp3) is 0.360. The van der Waals surface area contributed by atoms with Gasteiger partial charge in [0, 0.05) is 43.9 Å². The molecule has 0 bridgehead atoms. The number of piperazine rings is 1. The number of rotatable bonds is 6. The Bertz CT molecular complexity index is 1240. The van der Waals surface area contributed by atoms with Gasteiger partial charge in [-0.25, -0.2) is 18.4 Å². The standard InChI is InChI=1S/C25H30N4O3S/c1-18-6-5-7-21(16-18)17-24-19(2)26-20(3)27-25(24)28-12-14-29(15-13-28)33(30,31)23-10-8-22(32-4)9-11-23/h5-11,16H,12-15,17H2,1-4H3. The lowest BCUT2D eigenvalue weighted by atomic mass is 10.0. The molecule has 0 amide bonds. The van der Waals surface area contributed by atoms with Crippen molar-refractivity contribution < 1.29 is 13.2 Å². The van der Waals surface area contributed by atoms with Gasteiger partial charge in [-0.05, 0) is 50.6 Å². The van der Waals surface area contributed by atoms with E-state index < -0.39 is 10.0 Å². The summed E-state index contributed by atoms with van der Waals surface area (Å²) >= 11 is 0. The number of aryl methyl sites for hydroxylation is 3. The Kier molecular flexibility index (Phi) is 6.67. The summed E-state index contributed by atoms with van der Waals surface area (Å²) in [6.07, 6.45) is 0.744. The molecule has 0 aliphatic carbocycles. The lowest BCUT2D eigenvalue weighted by Gasteiger charge is -2.36. The SMILES string of the molecule is COc1ccc(S(=O)(=O)N2CCN(c3nc(C)nc(C)c3Cc3cccc(C)c3)CC2)cc1. The van der Waals surface area contributed by atoms with Gasteiger partial charge in [-0.2, -0.15) is 4.31 Å². The second-order valence-corrected chi connectivity index (χ2v) is 10.3. The molecule has 0 saturated carbocycles. The van der Waals surface area contributed by atoms with Crippen LogP contribution in [-0.2, 0) is 16.4 Å². The molecule has 2 aromatic carbocycles. The van der Waals surface area contributed by atoms with Crippen molar-refractivity contribution in [3.05, 3.63) is 76.7 Å². The van der Waals surface area contributed by atoms with Gasteiger partial charge in [0.1, 0.15) is 17.4 Å². The third-order valence-corrected chi connectivity index (χ3v) is 7.92. The van der Waals surface area contributed by atoms with E-state index in [-0.39, 0.29) is 4.90 Å². The Morgan fingerprint density at radius 2 is 1.64 bits per heavy atom. The first-order valence-electron chi connectivity index (χ1n) is 11.1. The average Bonchev–Trinajstić information content (AvgIpc) is 2.81. The fourth-order valence-electron chi connectivity index (χ4n) is 4.25. The molecule has 0 radical (unpaired) electrons. The third-order valence-electron chi connectivity index (χ3n) is 6.00. The van der Waals surface area contributed by atoms with Crippen molar-refractivity contribution in [2.45, 2.75) is 32.1 Å². The molecule has 0 N–H and O–H groups in total. The zero-order valence-electron chi connectivity index (χ0n) is 19.6. The second-order valence-electron chi connectivity index (χ2n) is 8.39. The molecule has 4 rings (SSSR count). The van der Waals surface area contributed by atoms with Crippen molar-refractivity contribution >= 4 is 15.8 Å². The summed E-state index contributed by atoms with van der Waals surface area (Å²) in [4.78, 5) is 11.8. The van der Waals surface area contributed by atoms with Crippen LogP contribution >= 0.6 is 0 Å². The van der Waals surface area contributed by atoms with Crippen molar-refractivity contribution in [2.75, 3.05) is 38.2 Å². The normalized spacial score (nSPS) is 15.0. The van der Waals surface area contributed by atoms with Crippen molar-refractivity contribution in [3.8, 4) is 5.75 Å². The Balaban J connectivity index is 1.54. The minimum Gasteiger partial charge on any atom is -0.497 e. The summed E-state index contributed by atoms with van der Waals surface area (Å²) in [5.41, 5.74) is 4.49. The zero-order chi connectivity index (χ0) is 23.6. The van der Waals surface area contributed by atoms with Crippen LogP contribution in [0.1, 0.15) is 28.2 Å². The van der Waals surface area contributed by atoms with Gasteiger partial charge in [0.25, 0.3) is 0 Å². The molecule has 1 aliphatic heterocycles. The lowest BCUT2D eigenvalue weighted by Crippen LogP contribution is -2.49. The Hall–Kier alpha value is -2.97. The molecule has 7 nitrogen and oxygen atoms in total. The van der Waals surface area contributed by atoms with Gasteiger partial charge in [0.2, 0.25) is 10.0 Å². The highest BCUT2D eigenvalue weighted by Crippen LogP contribution is 2.27. The monoisotopic (exact) mass is 466 g/mol. The van der Waals surface area contributed by atoms with Crippen molar-refractivity contribution in [1.29, 1.82) is 0 Å². The highest BCUT2D eigenvalue weighted by Gasteiger charge is 2.30. The van der Waals surface area contributed by atoms with Gasteiger partial charge in [-0.15, -0.1) is 0 Å².